The highest BCUT2D eigenvalue weighted by Gasteiger charge is 2.27. The monoisotopic (exact) mass is 1120 g/mol. The minimum Gasteiger partial charge on any atom is -0.507 e. The Bertz CT molecular complexity index is 3640. The highest BCUT2D eigenvalue weighted by molar-refractivity contribution is 5.75. The molecule has 6 N–H and O–H groups in total. The van der Waals surface area contributed by atoms with E-state index < -0.39 is 0 Å². The van der Waals surface area contributed by atoms with Crippen molar-refractivity contribution >= 4 is 23.5 Å². The summed E-state index contributed by atoms with van der Waals surface area (Å²) in [6, 6.07) is 23.6. The van der Waals surface area contributed by atoms with Crippen LogP contribution in [0.2, 0.25) is 0 Å². The van der Waals surface area contributed by atoms with Gasteiger partial charge in [-0.25, -0.2) is 24.5 Å². The van der Waals surface area contributed by atoms with Crippen LogP contribution in [0.4, 0.5) is 17.8 Å². The molecule has 0 spiro atoms. The van der Waals surface area contributed by atoms with Crippen molar-refractivity contribution in [3.8, 4) is 84.8 Å². The van der Waals surface area contributed by atoms with E-state index in [4.69, 9.17) is 0 Å². The molecule has 83 heavy (non-hydrogen) atoms. The van der Waals surface area contributed by atoms with Crippen LogP contribution in [0.5, 0.6) is 17.2 Å². The lowest BCUT2D eigenvalue weighted by molar-refractivity contribution is 0.476. The van der Waals surface area contributed by atoms with Crippen molar-refractivity contribution in [3.05, 3.63) is 116 Å². The fourth-order valence-electron chi connectivity index (χ4n) is 10.3. The van der Waals surface area contributed by atoms with Gasteiger partial charge in [0.2, 0.25) is 17.8 Å². The molecule has 0 aliphatic carbocycles. The number of aromatic hydroxyl groups is 3. The minimum atomic E-state index is 0.105. The van der Waals surface area contributed by atoms with Crippen molar-refractivity contribution in [1.82, 2.24) is 101 Å². The van der Waals surface area contributed by atoms with Crippen molar-refractivity contribution < 1.29 is 15.3 Å². The number of nitrogens with zero attached hydrogens (tertiary/aromatic N) is 20. The zero-order valence-corrected chi connectivity index (χ0v) is 46.9. The van der Waals surface area contributed by atoms with E-state index in [-0.39, 0.29) is 17.2 Å². The van der Waals surface area contributed by atoms with E-state index in [1.54, 1.807) is 77.7 Å². The molecule has 3 atom stereocenters. The van der Waals surface area contributed by atoms with Gasteiger partial charge in [-0.15, -0.1) is 30.6 Å². The first-order valence-electron chi connectivity index (χ1n) is 27.5. The van der Waals surface area contributed by atoms with Gasteiger partial charge >= 0.3 is 0 Å². The van der Waals surface area contributed by atoms with Crippen LogP contribution < -0.4 is 30.7 Å². The summed E-state index contributed by atoms with van der Waals surface area (Å²) in [5, 5.41) is 84.3. The molecular weight excluding hydrogens is 1050 g/mol. The topological polar surface area (TPSA) is 301 Å². The van der Waals surface area contributed by atoms with Crippen molar-refractivity contribution in [3.63, 3.8) is 0 Å². The van der Waals surface area contributed by atoms with Gasteiger partial charge in [-0.1, -0.05) is 32.0 Å². The lowest BCUT2D eigenvalue weighted by atomic mass is 10.1. The van der Waals surface area contributed by atoms with Crippen LogP contribution in [0.3, 0.4) is 0 Å². The molecule has 10 aromatic rings. The maximum Gasteiger partial charge on any atom is 0.245 e. The lowest BCUT2D eigenvalue weighted by Crippen LogP contribution is -2.37. The largest absolute Gasteiger partial charge is 0.507 e. The van der Waals surface area contributed by atoms with Gasteiger partial charge in [-0.2, -0.15) is 25.2 Å². The first-order chi connectivity index (χ1) is 40.3. The van der Waals surface area contributed by atoms with Crippen LogP contribution in [0.15, 0.2) is 116 Å². The Kier molecular flexibility index (Phi) is 16.4. The SMILES string of the molecule is CC(C)NC1CCN(c2ncc(-c3ccc(-c4ccc5nccn5n4)cc3O)nn2)C1.CNC1CCN(c2ncc(-c3ccc(-c4ccn(C)n4)cc3O)nn2)C1.CNC1CCN(c2ncc(-c3ccc(-c4cnn(C)n4)cc3O)nn2)C1. The molecule has 426 valence electrons. The van der Waals surface area contributed by atoms with E-state index in [1.807, 2.05) is 75.9 Å². The second-order valence-corrected chi connectivity index (χ2v) is 20.9. The Hall–Kier alpha value is -9.66. The van der Waals surface area contributed by atoms with Crippen LogP contribution in [-0.2, 0) is 14.1 Å². The number of hydrogen-bond donors (Lipinski definition) is 6. The van der Waals surface area contributed by atoms with Gasteiger partial charge < -0.3 is 46.0 Å². The molecule has 3 fully saturated rings. The van der Waals surface area contributed by atoms with Crippen LogP contribution in [0.1, 0.15) is 33.1 Å². The van der Waals surface area contributed by atoms with Crippen LogP contribution in [0, 0.1) is 0 Å². The van der Waals surface area contributed by atoms with Gasteiger partial charge in [-0.05, 0) is 88.0 Å². The third kappa shape index (κ3) is 12.8. The number of anilines is 3. The molecule has 3 unspecified atom stereocenters. The number of benzene rings is 3. The van der Waals surface area contributed by atoms with E-state index in [0.717, 1.165) is 92.3 Å². The van der Waals surface area contributed by atoms with Crippen molar-refractivity contribution in [2.45, 2.75) is 57.3 Å². The molecule has 3 aromatic carbocycles. The predicted molar refractivity (Wildman–Crippen MR) is 313 cm³/mol. The summed E-state index contributed by atoms with van der Waals surface area (Å²) in [7, 11) is 7.54. The highest BCUT2D eigenvalue weighted by Crippen LogP contribution is 2.35. The van der Waals surface area contributed by atoms with Crippen LogP contribution in [0.25, 0.3) is 73.2 Å². The zero-order valence-electron chi connectivity index (χ0n) is 46.9. The number of fused-ring (bicyclic) bond motifs is 1. The summed E-state index contributed by atoms with van der Waals surface area (Å²) < 4.78 is 3.43. The molecular formula is C57H65N23O3. The molecule has 3 aliphatic heterocycles. The molecule has 26 heteroatoms. The maximum atomic E-state index is 10.6. The molecule has 0 saturated carbocycles. The summed E-state index contributed by atoms with van der Waals surface area (Å²) in [6.45, 7) is 9.64. The average Bonchev–Trinajstić information content (AvgIpc) is 4.54. The van der Waals surface area contributed by atoms with E-state index >= 15 is 0 Å². The first kappa shape index (κ1) is 55.3. The van der Waals surface area contributed by atoms with Crippen LogP contribution >= 0.6 is 0 Å². The number of phenolic OH excluding ortho intramolecular Hbond substituents is 3. The Balaban J connectivity index is 0.000000131. The third-order valence-corrected chi connectivity index (χ3v) is 14.7. The second-order valence-electron chi connectivity index (χ2n) is 20.9. The minimum absolute atomic E-state index is 0.105. The quantitative estimate of drug-likeness (QED) is 0.0902. The number of aromatic nitrogens is 17. The van der Waals surface area contributed by atoms with Gasteiger partial charge in [0.15, 0.2) is 5.65 Å². The van der Waals surface area contributed by atoms with E-state index in [2.05, 4.69) is 115 Å². The Morgan fingerprint density at radius 2 is 0.952 bits per heavy atom. The normalized spacial score (nSPS) is 16.8. The number of phenols is 3. The third-order valence-electron chi connectivity index (χ3n) is 14.7. The van der Waals surface area contributed by atoms with Gasteiger partial charge in [0.1, 0.15) is 40.0 Å². The molecule has 0 amide bonds. The van der Waals surface area contributed by atoms with E-state index in [0.29, 0.717) is 81.5 Å². The highest BCUT2D eigenvalue weighted by atomic mass is 16.3. The van der Waals surface area contributed by atoms with Gasteiger partial charge in [0.05, 0.1) is 36.2 Å². The van der Waals surface area contributed by atoms with Crippen LogP contribution in [-0.4, -0.2) is 178 Å². The van der Waals surface area contributed by atoms with Crippen molar-refractivity contribution in [2.24, 2.45) is 14.1 Å². The van der Waals surface area contributed by atoms with Crippen molar-refractivity contribution in [2.75, 3.05) is 68.1 Å². The molecule has 26 nitrogen and oxygen atoms in total. The standard InChI is InChI=1S/C22H24N8O.C18H21N7O.C17H20N8O/c1-14(2)25-16-7-9-29(13-16)22-24-12-19(26-27-22)17-4-3-15(11-20(17)31)18-5-6-21-23-8-10-30(21)28-18;1-19-13-5-8-25(11-13)18-20-10-16(21-22-18)14-4-3-12(9-17(14)26)15-6-7-24(2)23-15;1-18-12-5-6-25(10-12)17-19-8-15(21-22-17)13-4-3-11(7-16(13)26)14-9-20-24(2)23-14/h3-6,8,10-12,14,16,25,31H,7,9,13H2,1-2H3;3-4,6-7,9-10,13,19,26H,5,8,11H2,1-2H3;3-4,7-9,12,18,26H,5-6,10H2,1-2H3. The number of hydrogen-bond acceptors (Lipinski definition) is 23. The van der Waals surface area contributed by atoms with Crippen molar-refractivity contribution in [1.29, 1.82) is 0 Å². The Morgan fingerprint density at radius 3 is 1.35 bits per heavy atom. The second kappa shape index (κ2) is 24.6. The summed E-state index contributed by atoms with van der Waals surface area (Å²) in [5.41, 5.74) is 8.82. The Morgan fingerprint density at radius 1 is 0.482 bits per heavy atom. The average molecular weight is 1120 g/mol. The maximum absolute atomic E-state index is 10.6. The zero-order chi connectivity index (χ0) is 57.6. The first-order valence-corrected chi connectivity index (χ1v) is 27.5. The molecule has 0 radical (unpaired) electrons. The number of likely N-dealkylation sites (N-methyl/N-ethyl adjacent to an activating group) is 2. The Labute approximate surface area is 478 Å². The smallest absolute Gasteiger partial charge is 0.245 e. The molecule has 0 bridgehead atoms. The number of rotatable bonds is 13. The van der Waals surface area contributed by atoms with Gasteiger partial charge in [0, 0.05) is 130 Å². The number of nitrogens with one attached hydrogen (secondary N) is 3. The molecule has 13 rings (SSSR count). The van der Waals surface area contributed by atoms with E-state index in [9.17, 15) is 15.3 Å². The molecule has 7 aromatic heterocycles. The fourth-order valence-corrected chi connectivity index (χ4v) is 10.3. The number of aryl methyl sites for hydroxylation is 2. The molecule has 10 heterocycles. The van der Waals surface area contributed by atoms with E-state index in [1.165, 1.54) is 4.80 Å². The summed E-state index contributed by atoms with van der Waals surface area (Å²) >= 11 is 0. The molecule has 3 aliphatic rings. The fraction of sp³-hybridized carbons (Fsp3) is 0.333. The van der Waals surface area contributed by atoms with Gasteiger partial charge in [-0.3, -0.25) is 4.68 Å². The summed E-state index contributed by atoms with van der Waals surface area (Å²) in [6.07, 6.45) is 15.2. The summed E-state index contributed by atoms with van der Waals surface area (Å²) in [5.74, 6) is 2.20. The molecule has 3 saturated heterocycles. The predicted octanol–water partition coefficient (Wildman–Crippen LogP) is 4.81. The van der Waals surface area contributed by atoms with Gasteiger partial charge in [0.25, 0.3) is 0 Å². The number of imidazole rings is 1. The summed E-state index contributed by atoms with van der Waals surface area (Å²) in [4.78, 5) is 25.4. The lowest BCUT2D eigenvalue weighted by Gasteiger charge is -2.18.